The molecule has 0 aliphatic heterocycles. The Hall–Kier alpha value is -1.56. The van der Waals surface area contributed by atoms with Crippen molar-refractivity contribution >= 4 is 11.1 Å². The second kappa shape index (κ2) is 12.8. The number of allylic oxidation sites excluding steroid dienone is 4. The van der Waals surface area contributed by atoms with Gasteiger partial charge < -0.3 is 0 Å². The van der Waals surface area contributed by atoms with Crippen LogP contribution in [0.3, 0.4) is 0 Å². The van der Waals surface area contributed by atoms with Gasteiger partial charge in [0.15, 0.2) is 0 Å². The van der Waals surface area contributed by atoms with Crippen LogP contribution >= 0.6 is 0 Å². The van der Waals surface area contributed by atoms with Gasteiger partial charge in [0.1, 0.15) is 0 Å². The standard InChI is InChI=1S/C16H14.4C2H6/c1-2-8-13-12(7-1)14-9-3-5-11-6-4-10-15(13)16(11)14;4*1-2/h1-5,7-8,10-11,16H,6,9H2;4*1-2H3. The van der Waals surface area contributed by atoms with Gasteiger partial charge in [-0.05, 0) is 34.8 Å². The minimum atomic E-state index is 0.687. The van der Waals surface area contributed by atoms with E-state index in [0.717, 1.165) is 12.3 Å². The van der Waals surface area contributed by atoms with E-state index in [1.165, 1.54) is 16.9 Å². The van der Waals surface area contributed by atoms with E-state index in [1.807, 2.05) is 55.4 Å². The molecule has 3 aliphatic carbocycles. The minimum absolute atomic E-state index is 0.687. The molecule has 0 fully saturated rings. The van der Waals surface area contributed by atoms with Gasteiger partial charge in [0.2, 0.25) is 0 Å². The van der Waals surface area contributed by atoms with Gasteiger partial charge >= 0.3 is 0 Å². The lowest BCUT2D eigenvalue weighted by molar-refractivity contribution is 0.561. The third kappa shape index (κ3) is 4.50. The summed E-state index contributed by atoms with van der Waals surface area (Å²) >= 11 is 0. The molecule has 0 saturated carbocycles. The van der Waals surface area contributed by atoms with Crippen molar-refractivity contribution in [1.29, 1.82) is 0 Å². The van der Waals surface area contributed by atoms with E-state index >= 15 is 0 Å². The molecular weight excluding hydrogens is 288 g/mol. The van der Waals surface area contributed by atoms with E-state index in [9.17, 15) is 0 Å². The van der Waals surface area contributed by atoms with Crippen LogP contribution in [0.15, 0.2) is 48.6 Å². The fraction of sp³-hybridized carbons (Fsp3) is 0.500. The van der Waals surface area contributed by atoms with Crippen molar-refractivity contribution in [2.24, 2.45) is 11.8 Å². The Kier molecular flexibility index (Phi) is 12.0. The Morgan fingerprint density at radius 2 is 1.33 bits per heavy atom. The minimum Gasteiger partial charge on any atom is -0.0841 e. The van der Waals surface area contributed by atoms with Gasteiger partial charge in [-0.15, -0.1) is 0 Å². The summed E-state index contributed by atoms with van der Waals surface area (Å²) in [6.45, 7) is 16.0. The Bertz CT molecular complexity index is 628. The molecule has 0 amide bonds. The first-order valence-electron chi connectivity index (χ1n) is 10.1. The summed E-state index contributed by atoms with van der Waals surface area (Å²) in [6, 6.07) is 8.90. The van der Waals surface area contributed by atoms with Crippen molar-refractivity contribution in [3.8, 4) is 0 Å². The normalized spacial score (nSPS) is 20.5. The van der Waals surface area contributed by atoms with Gasteiger partial charge in [0.05, 0.1) is 0 Å². The van der Waals surface area contributed by atoms with Crippen molar-refractivity contribution in [1.82, 2.24) is 0 Å². The SMILES string of the molecule is C1=CC2CC=CC3=c4ccccc4=C(C1)C32.CC.CC.CC.CC. The molecule has 0 nitrogen and oxygen atoms in total. The highest BCUT2D eigenvalue weighted by Crippen LogP contribution is 2.42. The van der Waals surface area contributed by atoms with Gasteiger partial charge in [0, 0.05) is 5.92 Å². The molecule has 0 heterocycles. The monoisotopic (exact) mass is 326 g/mol. The molecule has 2 atom stereocenters. The molecule has 0 saturated heterocycles. The lowest BCUT2D eigenvalue weighted by Crippen LogP contribution is -2.23. The number of hydrogen-bond donors (Lipinski definition) is 0. The quantitative estimate of drug-likeness (QED) is 0.494. The van der Waals surface area contributed by atoms with E-state index in [4.69, 9.17) is 0 Å². The van der Waals surface area contributed by atoms with Crippen LogP contribution in [0.25, 0.3) is 11.1 Å². The summed E-state index contributed by atoms with van der Waals surface area (Å²) in [7, 11) is 0. The molecule has 0 N–H and O–H groups in total. The lowest BCUT2D eigenvalue weighted by atomic mass is 9.73. The van der Waals surface area contributed by atoms with E-state index in [2.05, 4.69) is 48.6 Å². The van der Waals surface area contributed by atoms with Gasteiger partial charge in [-0.25, -0.2) is 0 Å². The molecule has 0 aromatic heterocycles. The first-order chi connectivity index (χ1) is 11.9. The smallest absolute Gasteiger partial charge is 0.0132 e. The fourth-order valence-corrected chi connectivity index (χ4v) is 3.50. The highest BCUT2D eigenvalue weighted by molar-refractivity contribution is 5.79. The number of hydrogen-bond acceptors (Lipinski definition) is 0. The second-order valence-electron chi connectivity index (χ2n) is 4.94. The largest absolute Gasteiger partial charge is 0.0841 e. The molecule has 134 valence electrons. The zero-order valence-electron chi connectivity index (χ0n) is 17.2. The molecule has 3 aliphatic rings. The van der Waals surface area contributed by atoms with Crippen molar-refractivity contribution in [3.05, 3.63) is 59.0 Å². The molecule has 0 heteroatoms. The predicted octanol–water partition coefficient (Wildman–Crippen LogP) is 6.26. The molecule has 0 bridgehead atoms. The van der Waals surface area contributed by atoms with Crippen LogP contribution in [0.4, 0.5) is 0 Å². The molecule has 0 spiro atoms. The Labute approximate surface area is 150 Å². The number of fused-ring (bicyclic) bond motifs is 1. The summed E-state index contributed by atoms with van der Waals surface area (Å²) in [5.74, 6) is 1.41. The Balaban J connectivity index is 0.000000588. The van der Waals surface area contributed by atoms with Gasteiger partial charge in [0.25, 0.3) is 0 Å². The Morgan fingerprint density at radius 1 is 0.750 bits per heavy atom. The van der Waals surface area contributed by atoms with Crippen LogP contribution in [-0.4, -0.2) is 0 Å². The van der Waals surface area contributed by atoms with Crippen LogP contribution in [0.1, 0.15) is 68.2 Å². The predicted molar refractivity (Wildman–Crippen MR) is 112 cm³/mol. The van der Waals surface area contributed by atoms with Crippen molar-refractivity contribution in [2.45, 2.75) is 68.2 Å². The number of rotatable bonds is 0. The van der Waals surface area contributed by atoms with Crippen molar-refractivity contribution in [3.63, 3.8) is 0 Å². The van der Waals surface area contributed by atoms with E-state index in [0.29, 0.717) is 5.92 Å². The molecule has 4 rings (SSSR count). The molecule has 2 unspecified atom stereocenters. The van der Waals surface area contributed by atoms with Gasteiger partial charge in [-0.3, -0.25) is 0 Å². The zero-order chi connectivity index (χ0) is 18.5. The summed E-state index contributed by atoms with van der Waals surface area (Å²) < 4.78 is 0. The van der Waals surface area contributed by atoms with Crippen molar-refractivity contribution in [2.75, 3.05) is 0 Å². The van der Waals surface area contributed by atoms with Gasteiger partial charge in [-0.1, -0.05) is 110 Å². The molecule has 0 radical (unpaired) electrons. The van der Waals surface area contributed by atoms with Crippen LogP contribution < -0.4 is 10.4 Å². The first kappa shape index (κ1) is 22.4. The summed E-state index contributed by atoms with van der Waals surface area (Å²) in [5, 5.41) is 2.98. The van der Waals surface area contributed by atoms with Crippen LogP contribution in [0.2, 0.25) is 0 Å². The number of benzene rings is 1. The molecular formula is C24H38. The zero-order valence-corrected chi connectivity index (χ0v) is 17.2. The first-order valence-corrected chi connectivity index (χ1v) is 10.1. The maximum atomic E-state index is 2.42. The Morgan fingerprint density at radius 3 is 1.96 bits per heavy atom. The molecule has 24 heavy (non-hydrogen) atoms. The van der Waals surface area contributed by atoms with Crippen LogP contribution in [-0.2, 0) is 0 Å². The van der Waals surface area contributed by atoms with Gasteiger partial charge in [-0.2, -0.15) is 0 Å². The maximum absolute atomic E-state index is 2.42. The highest BCUT2D eigenvalue weighted by atomic mass is 14.4. The van der Waals surface area contributed by atoms with E-state index in [1.54, 1.807) is 11.1 Å². The average Bonchev–Trinajstić information content (AvgIpc) is 3.05. The van der Waals surface area contributed by atoms with E-state index in [-0.39, 0.29) is 0 Å². The maximum Gasteiger partial charge on any atom is 0.0132 e. The molecule has 1 aromatic rings. The summed E-state index contributed by atoms with van der Waals surface area (Å²) in [4.78, 5) is 0. The summed E-state index contributed by atoms with van der Waals surface area (Å²) in [5.41, 5.74) is 3.22. The van der Waals surface area contributed by atoms with E-state index < -0.39 is 0 Å². The fourth-order valence-electron chi connectivity index (χ4n) is 3.50. The summed E-state index contributed by atoms with van der Waals surface area (Å²) in [6.07, 6.45) is 11.8. The third-order valence-electron chi connectivity index (χ3n) is 4.15. The second-order valence-corrected chi connectivity index (χ2v) is 4.94. The molecule has 1 aromatic carbocycles. The highest BCUT2D eigenvalue weighted by Gasteiger charge is 2.33. The average molecular weight is 327 g/mol. The van der Waals surface area contributed by atoms with Crippen LogP contribution in [0.5, 0.6) is 0 Å². The third-order valence-corrected chi connectivity index (χ3v) is 4.15. The van der Waals surface area contributed by atoms with Crippen LogP contribution in [0, 0.1) is 11.8 Å². The van der Waals surface area contributed by atoms with Crippen molar-refractivity contribution < 1.29 is 0 Å². The lowest BCUT2D eigenvalue weighted by Gasteiger charge is -2.30. The topological polar surface area (TPSA) is 0 Å².